The van der Waals surface area contributed by atoms with Gasteiger partial charge in [-0.3, -0.25) is 4.79 Å². The Hall–Kier alpha value is -3.47. The summed E-state index contributed by atoms with van der Waals surface area (Å²) in [4.78, 5) is 12.1. The van der Waals surface area contributed by atoms with Crippen LogP contribution in [0.2, 0.25) is 0 Å². The molecule has 5 nitrogen and oxygen atoms in total. The van der Waals surface area contributed by atoms with Gasteiger partial charge >= 0.3 is 0 Å². The quantitative estimate of drug-likeness (QED) is 0.490. The first kappa shape index (κ1) is 20.3. The number of para-hydroxylation sites is 2. The molecule has 2 N–H and O–H groups in total. The molecular formula is C24H26N2O3. The average Bonchev–Trinajstić information content (AvgIpc) is 2.77. The minimum atomic E-state index is -0.223. The molecule has 0 aliphatic carbocycles. The Morgan fingerprint density at radius 2 is 1.48 bits per heavy atom. The lowest BCUT2D eigenvalue weighted by atomic mass is 10.1. The number of hydrogen-bond donors (Lipinski definition) is 2. The van der Waals surface area contributed by atoms with Crippen LogP contribution in [0.15, 0.2) is 78.9 Å². The molecule has 0 unspecified atom stereocenters. The molecule has 0 fully saturated rings. The van der Waals surface area contributed by atoms with Crippen molar-refractivity contribution >= 4 is 17.3 Å². The van der Waals surface area contributed by atoms with E-state index in [2.05, 4.69) is 34.9 Å². The zero-order valence-electron chi connectivity index (χ0n) is 16.6. The molecule has 0 bridgehead atoms. The maximum Gasteiger partial charge on any atom is 0.262 e. The van der Waals surface area contributed by atoms with E-state index < -0.39 is 0 Å². The van der Waals surface area contributed by atoms with Crippen molar-refractivity contribution in [1.82, 2.24) is 0 Å². The van der Waals surface area contributed by atoms with Crippen molar-refractivity contribution in [3.05, 3.63) is 84.4 Å². The highest BCUT2D eigenvalue weighted by Crippen LogP contribution is 2.25. The summed E-state index contributed by atoms with van der Waals surface area (Å²) in [6.45, 7) is 0.813. The lowest BCUT2D eigenvalue weighted by Crippen LogP contribution is -2.20. The van der Waals surface area contributed by atoms with Crippen molar-refractivity contribution in [3.63, 3.8) is 0 Å². The predicted octanol–water partition coefficient (Wildman–Crippen LogP) is 4.76. The normalized spacial score (nSPS) is 10.2. The maximum atomic E-state index is 12.1. The Balaban J connectivity index is 1.39. The second kappa shape index (κ2) is 10.8. The van der Waals surface area contributed by atoms with Crippen LogP contribution in [0, 0.1) is 0 Å². The van der Waals surface area contributed by atoms with Crippen LogP contribution in [0.25, 0.3) is 0 Å². The van der Waals surface area contributed by atoms with Gasteiger partial charge in [0, 0.05) is 17.9 Å². The fraction of sp³-hybridized carbons (Fsp3) is 0.208. The molecule has 0 aliphatic heterocycles. The molecule has 5 heteroatoms. The van der Waals surface area contributed by atoms with E-state index in [4.69, 9.17) is 9.47 Å². The molecule has 1 amide bonds. The van der Waals surface area contributed by atoms with E-state index in [9.17, 15) is 4.79 Å². The molecular weight excluding hydrogens is 364 g/mol. The maximum absolute atomic E-state index is 12.1. The van der Waals surface area contributed by atoms with E-state index in [1.165, 1.54) is 5.56 Å². The van der Waals surface area contributed by atoms with E-state index >= 15 is 0 Å². The van der Waals surface area contributed by atoms with Gasteiger partial charge in [0.1, 0.15) is 0 Å². The van der Waals surface area contributed by atoms with Crippen LogP contribution in [-0.2, 0) is 11.2 Å². The molecule has 3 rings (SSSR count). The number of hydrogen-bond acceptors (Lipinski definition) is 4. The third-order valence-electron chi connectivity index (χ3n) is 4.41. The third kappa shape index (κ3) is 6.57. The minimum Gasteiger partial charge on any atom is -0.493 e. The van der Waals surface area contributed by atoms with E-state index in [0.29, 0.717) is 11.5 Å². The predicted molar refractivity (Wildman–Crippen MR) is 117 cm³/mol. The Labute approximate surface area is 171 Å². The van der Waals surface area contributed by atoms with Crippen molar-refractivity contribution in [2.75, 3.05) is 30.9 Å². The molecule has 0 spiro atoms. The average molecular weight is 390 g/mol. The van der Waals surface area contributed by atoms with Crippen LogP contribution in [0.1, 0.15) is 12.0 Å². The highest BCUT2D eigenvalue weighted by Gasteiger charge is 2.07. The number of carbonyl (C=O) groups is 1. The molecule has 0 heterocycles. The standard InChI is InChI=1S/C24H26N2O3/c1-28-22-11-5-6-12-23(22)29-18-24(27)26-21-15-13-20(14-16-21)25-17-7-10-19-8-3-2-4-9-19/h2-6,8-9,11-16,25H,7,10,17-18H2,1H3,(H,26,27). The summed E-state index contributed by atoms with van der Waals surface area (Å²) < 4.78 is 10.7. The van der Waals surface area contributed by atoms with E-state index in [1.54, 1.807) is 19.2 Å². The zero-order chi connectivity index (χ0) is 20.3. The second-order valence-electron chi connectivity index (χ2n) is 6.58. The lowest BCUT2D eigenvalue weighted by molar-refractivity contribution is -0.118. The van der Waals surface area contributed by atoms with Crippen molar-refractivity contribution in [2.24, 2.45) is 0 Å². The van der Waals surface area contributed by atoms with Gasteiger partial charge in [0.05, 0.1) is 7.11 Å². The summed E-state index contributed by atoms with van der Waals surface area (Å²) in [5.74, 6) is 0.919. The molecule has 0 saturated carbocycles. The number of carbonyl (C=O) groups excluding carboxylic acids is 1. The van der Waals surface area contributed by atoms with Gasteiger partial charge in [-0.15, -0.1) is 0 Å². The number of nitrogens with one attached hydrogen (secondary N) is 2. The first-order chi connectivity index (χ1) is 14.2. The summed E-state index contributed by atoms with van der Waals surface area (Å²) in [5.41, 5.74) is 3.11. The molecule has 0 saturated heterocycles. The fourth-order valence-corrected chi connectivity index (χ4v) is 2.92. The van der Waals surface area contributed by atoms with Crippen molar-refractivity contribution in [3.8, 4) is 11.5 Å². The number of rotatable bonds is 10. The Morgan fingerprint density at radius 3 is 2.21 bits per heavy atom. The lowest BCUT2D eigenvalue weighted by Gasteiger charge is -2.11. The molecule has 3 aromatic carbocycles. The SMILES string of the molecule is COc1ccccc1OCC(=O)Nc1ccc(NCCCc2ccccc2)cc1. The number of benzene rings is 3. The summed E-state index contributed by atoms with van der Waals surface area (Å²) in [6, 6.07) is 25.4. The summed E-state index contributed by atoms with van der Waals surface area (Å²) in [6.07, 6.45) is 2.11. The Morgan fingerprint density at radius 1 is 0.828 bits per heavy atom. The van der Waals surface area contributed by atoms with Crippen LogP contribution < -0.4 is 20.1 Å². The van der Waals surface area contributed by atoms with Crippen LogP contribution in [-0.4, -0.2) is 26.2 Å². The molecule has 0 atom stereocenters. The van der Waals surface area contributed by atoms with E-state index in [0.717, 1.165) is 30.8 Å². The second-order valence-corrected chi connectivity index (χ2v) is 6.58. The highest BCUT2D eigenvalue weighted by atomic mass is 16.5. The third-order valence-corrected chi connectivity index (χ3v) is 4.41. The van der Waals surface area contributed by atoms with Gasteiger partial charge in [0.15, 0.2) is 18.1 Å². The monoisotopic (exact) mass is 390 g/mol. The summed E-state index contributed by atoms with van der Waals surface area (Å²) in [5, 5.41) is 6.24. The zero-order valence-corrected chi connectivity index (χ0v) is 16.6. The fourth-order valence-electron chi connectivity index (χ4n) is 2.92. The van der Waals surface area contributed by atoms with Crippen molar-refractivity contribution in [1.29, 1.82) is 0 Å². The topological polar surface area (TPSA) is 59.6 Å². The summed E-state index contributed by atoms with van der Waals surface area (Å²) in [7, 11) is 1.57. The van der Waals surface area contributed by atoms with E-state index in [1.807, 2.05) is 42.5 Å². The minimum absolute atomic E-state index is 0.0835. The van der Waals surface area contributed by atoms with Crippen LogP contribution in [0.4, 0.5) is 11.4 Å². The number of aryl methyl sites for hydroxylation is 1. The number of amides is 1. The van der Waals surface area contributed by atoms with Crippen LogP contribution in [0.5, 0.6) is 11.5 Å². The number of ether oxygens (including phenoxy) is 2. The molecule has 150 valence electrons. The molecule has 29 heavy (non-hydrogen) atoms. The first-order valence-electron chi connectivity index (χ1n) is 9.68. The number of methoxy groups -OCH3 is 1. The Kier molecular flexibility index (Phi) is 7.52. The molecule has 0 radical (unpaired) electrons. The van der Waals surface area contributed by atoms with Crippen LogP contribution >= 0.6 is 0 Å². The van der Waals surface area contributed by atoms with Gasteiger partial charge in [0.2, 0.25) is 0 Å². The Bertz CT molecular complexity index is 896. The van der Waals surface area contributed by atoms with Crippen molar-refractivity contribution in [2.45, 2.75) is 12.8 Å². The van der Waals surface area contributed by atoms with Gasteiger partial charge in [-0.1, -0.05) is 42.5 Å². The van der Waals surface area contributed by atoms with Gasteiger partial charge in [-0.2, -0.15) is 0 Å². The van der Waals surface area contributed by atoms with Gasteiger partial charge in [-0.25, -0.2) is 0 Å². The number of anilines is 2. The largest absolute Gasteiger partial charge is 0.493 e. The first-order valence-corrected chi connectivity index (χ1v) is 9.68. The molecule has 3 aromatic rings. The van der Waals surface area contributed by atoms with Gasteiger partial charge in [-0.05, 0) is 54.8 Å². The molecule has 0 aromatic heterocycles. The highest BCUT2D eigenvalue weighted by molar-refractivity contribution is 5.92. The van der Waals surface area contributed by atoms with Gasteiger partial charge in [0.25, 0.3) is 5.91 Å². The van der Waals surface area contributed by atoms with Crippen LogP contribution in [0.3, 0.4) is 0 Å². The smallest absolute Gasteiger partial charge is 0.262 e. The molecule has 0 aliphatic rings. The van der Waals surface area contributed by atoms with Gasteiger partial charge < -0.3 is 20.1 Å². The summed E-state index contributed by atoms with van der Waals surface area (Å²) >= 11 is 0. The van der Waals surface area contributed by atoms with E-state index in [-0.39, 0.29) is 12.5 Å². The van der Waals surface area contributed by atoms with Crippen molar-refractivity contribution < 1.29 is 14.3 Å².